The molecule has 1 amide bonds. The molecule has 1 aromatic heterocycles. The predicted octanol–water partition coefficient (Wildman–Crippen LogP) is 2.59. The van der Waals surface area contributed by atoms with E-state index in [-0.39, 0.29) is 11.6 Å². The number of amides is 1. The first kappa shape index (κ1) is 15.9. The summed E-state index contributed by atoms with van der Waals surface area (Å²) in [4.78, 5) is 11.4. The smallest absolute Gasteiger partial charge is 0.250 e. The molecular weight excluding hydrogens is 328 g/mol. The van der Waals surface area contributed by atoms with Crippen LogP contribution in [0.15, 0.2) is 48.5 Å². The van der Waals surface area contributed by atoms with Crippen molar-refractivity contribution in [3.63, 3.8) is 0 Å². The molecule has 0 radical (unpaired) electrons. The number of tetrazole rings is 1. The quantitative estimate of drug-likeness (QED) is 0.742. The number of anilines is 1. The third-order valence-electron chi connectivity index (χ3n) is 3.50. The molecule has 1 unspecified atom stereocenters. The second-order valence-electron chi connectivity index (χ2n) is 5.21. The van der Waals surface area contributed by atoms with Gasteiger partial charge in [-0.2, -0.15) is 4.68 Å². The lowest BCUT2D eigenvalue weighted by atomic mass is 10.1. The second kappa shape index (κ2) is 6.67. The van der Waals surface area contributed by atoms with Crippen LogP contribution in [0.25, 0.3) is 5.69 Å². The highest BCUT2D eigenvalue weighted by atomic mass is 35.5. The fraction of sp³-hybridized carbons (Fsp3) is 0.125. The Morgan fingerprint density at radius 2 is 2.00 bits per heavy atom. The van der Waals surface area contributed by atoms with E-state index in [0.717, 1.165) is 5.69 Å². The van der Waals surface area contributed by atoms with Gasteiger partial charge in [-0.1, -0.05) is 29.8 Å². The van der Waals surface area contributed by atoms with Gasteiger partial charge in [0, 0.05) is 5.69 Å². The summed E-state index contributed by atoms with van der Waals surface area (Å²) in [6.07, 6.45) is 0. The molecule has 3 rings (SSSR count). The van der Waals surface area contributed by atoms with Crippen molar-refractivity contribution in [2.45, 2.75) is 13.0 Å². The summed E-state index contributed by atoms with van der Waals surface area (Å²) in [6.45, 7) is 1.92. The zero-order chi connectivity index (χ0) is 17.1. The monoisotopic (exact) mass is 342 g/mol. The van der Waals surface area contributed by atoms with Crippen molar-refractivity contribution in [2.24, 2.45) is 5.73 Å². The van der Waals surface area contributed by atoms with Gasteiger partial charge in [-0.05, 0) is 47.7 Å². The van der Waals surface area contributed by atoms with E-state index in [0.29, 0.717) is 16.5 Å². The van der Waals surface area contributed by atoms with Crippen LogP contribution >= 0.6 is 11.6 Å². The Hall–Kier alpha value is -2.93. The standard InChI is InChI=1S/C16H15ClN6O/c1-10(19-11-7-8-14(17)13(9-11)15(18)24)16-20-21-22-23(16)12-5-3-2-4-6-12/h2-10,19H,1H3,(H2,18,24). The van der Waals surface area contributed by atoms with Crippen molar-refractivity contribution in [1.82, 2.24) is 20.2 Å². The fourth-order valence-electron chi connectivity index (χ4n) is 2.34. The zero-order valence-electron chi connectivity index (χ0n) is 12.8. The van der Waals surface area contributed by atoms with Crippen molar-refractivity contribution >= 4 is 23.2 Å². The molecule has 0 spiro atoms. The van der Waals surface area contributed by atoms with Crippen LogP contribution in [0.3, 0.4) is 0 Å². The first-order valence-corrected chi connectivity index (χ1v) is 7.63. The Bertz CT molecular complexity index is 864. The van der Waals surface area contributed by atoms with E-state index in [9.17, 15) is 4.79 Å². The summed E-state index contributed by atoms with van der Waals surface area (Å²) in [7, 11) is 0. The summed E-state index contributed by atoms with van der Waals surface area (Å²) >= 11 is 5.97. The second-order valence-corrected chi connectivity index (χ2v) is 5.62. The van der Waals surface area contributed by atoms with E-state index < -0.39 is 5.91 Å². The number of primary amides is 1. The highest BCUT2D eigenvalue weighted by molar-refractivity contribution is 6.33. The van der Waals surface area contributed by atoms with E-state index in [1.807, 2.05) is 37.3 Å². The van der Waals surface area contributed by atoms with Gasteiger partial charge in [0.15, 0.2) is 5.82 Å². The van der Waals surface area contributed by atoms with Crippen LogP contribution in [0.5, 0.6) is 0 Å². The molecule has 1 atom stereocenters. The molecule has 2 aromatic carbocycles. The van der Waals surface area contributed by atoms with Gasteiger partial charge >= 0.3 is 0 Å². The molecule has 0 saturated carbocycles. The SMILES string of the molecule is CC(Nc1ccc(Cl)c(C(N)=O)c1)c1nnnn1-c1ccccc1. The Morgan fingerprint density at radius 1 is 1.25 bits per heavy atom. The molecule has 1 heterocycles. The summed E-state index contributed by atoms with van der Waals surface area (Å²) in [5.74, 6) is 0.0576. The minimum absolute atomic E-state index is 0.206. The number of nitrogens with one attached hydrogen (secondary N) is 1. The molecule has 3 N–H and O–H groups in total. The van der Waals surface area contributed by atoms with Crippen molar-refractivity contribution < 1.29 is 4.79 Å². The molecule has 0 aliphatic rings. The number of aromatic nitrogens is 4. The van der Waals surface area contributed by atoms with Crippen LogP contribution in [0.1, 0.15) is 29.1 Å². The number of rotatable bonds is 5. The fourth-order valence-corrected chi connectivity index (χ4v) is 2.55. The van der Waals surface area contributed by atoms with Gasteiger partial charge in [0.05, 0.1) is 22.3 Å². The van der Waals surface area contributed by atoms with E-state index in [4.69, 9.17) is 17.3 Å². The number of hydrogen-bond acceptors (Lipinski definition) is 5. The summed E-state index contributed by atoms with van der Waals surface area (Å²) in [6, 6.07) is 14.4. The van der Waals surface area contributed by atoms with E-state index >= 15 is 0 Å². The van der Waals surface area contributed by atoms with Crippen molar-refractivity contribution in [3.05, 3.63) is 64.9 Å². The molecule has 0 bridgehead atoms. The Balaban J connectivity index is 1.87. The van der Waals surface area contributed by atoms with Crippen LogP contribution in [0.2, 0.25) is 5.02 Å². The number of carbonyl (C=O) groups is 1. The number of carbonyl (C=O) groups excluding carboxylic acids is 1. The van der Waals surface area contributed by atoms with Gasteiger partial charge in [-0.25, -0.2) is 0 Å². The molecule has 3 aromatic rings. The van der Waals surface area contributed by atoms with Crippen molar-refractivity contribution in [2.75, 3.05) is 5.32 Å². The number of nitrogens with two attached hydrogens (primary N) is 1. The topological polar surface area (TPSA) is 98.7 Å². The van der Waals surface area contributed by atoms with Gasteiger partial charge in [0.1, 0.15) is 0 Å². The Labute approximate surface area is 143 Å². The van der Waals surface area contributed by atoms with E-state index in [1.165, 1.54) is 0 Å². The average molecular weight is 343 g/mol. The lowest BCUT2D eigenvalue weighted by Crippen LogP contribution is -2.15. The predicted molar refractivity (Wildman–Crippen MR) is 91.2 cm³/mol. The van der Waals surface area contributed by atoms with Crippen LogP contribution < -0.4 is 11.1 Å². The van der Waals surface area contributed by atoms with Gasteiger partial charge in [0.2, 0.25) is 5.91 Å². The summed E-state index contributed by atoms with van der Waals surface area (Å²) < 4.78 is 1.66. The molecule has 7 nitrogen and oxygen atoms in total. The average Bonchev–Trinajstić information content (AvgIpc) is 3.07. The van der Waals surface area contributed by atoms with Crippen LogP contribution in [0.4, 0.5) is 5.69 Å². The van der Waals surface area contributed by atoms with Crippen molar-refractivity contribution in [1.29, 1.82) is 0 Å². The van der Waals surface area contributed by atoms with Gasteiger partial charge in [0.25, 0.3) is 0 Å². The third kappa shape index (κ3) is 3.21. The number of hydrogen-bond donors (Lipinski definition) is 2. The van der Waals surface area contributed by atoms with Gasteiger partial charge in [-0.15, -0.1) is 5.10 Å². The Kier molecular flexibility index (Phi) is 4.43. The summed E-state index contributed by atoms with van der Waals surface area (Å²) in [5, 5.41) is 15.4. The maximum atomic E-state index is 11.4. The van der Waals surface area contributed by atoms with E-state index in [1.54, 1.807) is 22.9 Å². The minimum atomic E-state index is -0.578. The molecule has 122 valence electrons. The van der Waals surface area contributed by atoms with Crippen molar-refractivity contribution in [3.8, 4) is 5.69 Å². The zero-order valence-corrected chi connectivity index (χ0v) is 13.6. The highest BCUT2D eigenvalue weighted by Gasteiger charge is 2.16. The molecule has 24 heavy (non-hydrogen) atoms. The normalized spacial score (nSPS) is 11.9. The molecule has 0 fully saturated rings. The number of nitrogens with zero attached hydrogens (tertiary/aromatic N) is 4. The highest BCUT2D eigenvalue weighted by Crippen LogP contribution is 2.24. The van der Waals surface area contributed by atoms with E-state index in [2.05, 4.69) is 20.8 Å². The van der Waals surface area contributed by atoms with Crippen LogP contribution in [-0.4, -0.2) is 26.1 Å². The van der Waals surface area contributed by atoms with Gasteiger partial charge in [-0.3, -0.25) is 4.79 Å². The van der Waals surface area contributed by atoms with Crippen LogP contribution in [0, 0.1) is 0 Å². The van der Waals surface area contributed by atoms with Crippen LogP contribution in [-0.2, 0) is 0 Å². The molecule has 8 heteroatoms. The number of benzene rings is 2. The first-order chi connectivity index (χ1) is 11.6. The third-order valence-corrected chi connectivity index (χ3v) is 3.83. The molecule has 0 aliphatic carbocycles. The lowest BCUT2D eigenvalue weighted by Gasteiger charge is -2.15. The molecular formula is C16H15ClN6O. The lowest BCUT2D eigenvalue weighted by molar-refractivity contribution is 0.100. The minimum Gasteiger partial charge on any atom is -0.375 e. The van der Waals surface area contributed by atoms with Gasteiger partial charge < -0.3 is 11.1 Å². The molecule has 0 aliphatic heterocycles. The summed E-state index contributed by atoms with van der Waals surface area (Å²) in [5.41, 5.74) is 7.14. The maximum absolute atomic E-state index is 11.4. The maximum Gasteiger partial charge on any atom is 0.250 e. The first-order valence-electron chi connectivity index (χ1n) is 7.26. The molecule has 0 saturated heterocycles. The Morgan fingerprint density at radius 3 is 2.71 bits per heavy atom. The number of halogens is 1. The largest absolute Gasteiger partial charge is 0.375 e. The number of para-hydroxylation sites is 1.